The van der Waals surface area contributed by atoms with Crippen LogP contribution in [0.4, 0.5) is 0 Å². The van der Waals surface area contributed by atoms with Crippen LogP contribution in [0.1, 0.15) is 32.5 Å². The van der Waals surface area contributed by atoms with Gasteiger partial charge in [0.15, 0.2) is 5.75 Å². The molecule has 1 aliphatic heterocycles. The molecule has 2 heterocycles. The first kappa shape index (κ1) is 15.3. The topological polar surface area (TPSA) is 65.5 Å². The van der Waals surface area contributed by atoms with E-state index in [2.05, 4.69) is 30.8 Å². The lowest BCUT2D eigenvalue weighted by Crippen LogP contribution is -2.55. The molecule has 2 N–H and O–H groups in total. The predicted octanol–water partition coefficient (Wildman–Crippen LogP) is 1.02. The van der Waals surface area contributed by atoms with Gasteiger partial charge >= 0.3 is 0 Å². The van der Waals surface area contributed by atoms with Gasteiger partial charge in [0.25, 0.3) is 0 Å². The molecule has 1 unspecified atom stereocenters. The Morgan fingerprint density at radius 1 is 1.45 bits per heavy atom. The summed E-state index contributed by atoms with van der Waals surface area (Å²) in [4.78, 5) is 2.38. The third kappa shape index (κ3) is 2.68. The standard InChI is InChI=1S/C14H26N4O2/c1-5-18-12(11(19-4)10-16-18)13(15)14(2,3)17-6-8-20-9-7-17/h10,13H,5-9,15H2,1-4H3. The molecule has 6 heteroatoms. The van der Waals surface area contributed by atoms with Gasteiger partial charge in [-0.1, -0.05) is 0 Å². The summed E-state index contributed by atoms with van der Waals surface area (Å²) in [5.74, 6) is 0.765. The molecule has 0 bridgehead atoms. The van der Waals surface area contributed by atoms with Crippen molar-refractivity contribution < 1.29 is 9.47 Å². The lowest BCUT2D eigenvalue weighted by molar-refractivity contribution is -0.0201. The number of hydrogen-bond acceptors (Lipinski definition) is 5. The van der Waals surface area contributed by atoms with Crippen molar-refractivity contribution >= 4 is 0 Å². The van der Waals surface area contributed by atoms with Crippen molar-refractivity contribution in [2.45, 2.75) is 38.9 Å². The van der Waals surface area contributed by atoms with Crippen molar-refractivity contribution in [2.75, 3.05) is 33.4 Å². The predicted molar refractivity (Wildman–Crippen MR) is 77.9 cm³/mol. The van der Waals surface area contributed by atoms with Gasteiger partial charge in [0.1, 0.15) is 0 Å². The summed E-state index contributed by atoms with van der Waals surface area (Å²) in [5.41, 5.74) is 7.37. The summed E-state index contributed by atoms with van der Waals surface area (Å²) >= 11 is 0. The highest BCUT2D eigenvalue weighted by Crippen LogP contribution is 2.34. The van der Waals surface area contributed by atoms with Crippen molar-refractivity contribution in [3.05, 3.63) is 11.9 Å². The van der Waals surface area contributed by atoms with E-state index in [1.54, 1.807) is 13.3 Å². The molecule has 0 radical (unpaired) electrons. The monoisotopic (exact) mass is 282 g/mol. The largest absolute Gasteiger partial charge is 0.493 e. The summed E-state index contributed by atoms with van der Waals surface area (Å²) in [6.45, 7) is 10.5. The summed E-state index contributed by atoms with van der Waals surface area (Å²) in [5, 5.41) is 4.35. The smallest absolute Gasteiger partial charge is 0.161 e. The van der Waals surface area contributed by atoms with Crippen LogP contribution in [0.25, 0.3) is 0 Å². The zero-order chi connectivity index (χ0) is 14.8. The molecule has 0 aliphatic carbocycles. The first-order chi connectivity index (χ1) is 9.52. The molecule has 1 saturated heterocycles. The highest BCUT2D eigenvalue weighted by Gasteiger charge is 2.38. The maximum absolute atomic E-state index is 6.58. The number of methoxy groups -OCH3 is 1. The number of hydrogen-bond donors (Lipinski definition) is 1. The third-order valence-corrected chi connectivity index (χ3v) is 4.25. The fourth-order valence-electron chi connectivity index (χ4n) is 2.77. The van der Waals surface area contributed by atoms with Crippen molar-refractivity contribution in [1.82, 2.24) is 14.7 Å². The van der Waals surface area contributed by atoms with Gasteiger partial charge in [-0.05, 0) is 20.8 Å². The number of nitrogens with two attached hydrogens (primary N) is 1. The molecule has 0 spiro atoms. The Hall–Kier alpha value is -1.11. The van der Waals surface area contributed by atoms with Crippen molar-refractivity contribution in [1.29, 1.82) is 0 Å². The second kappa shape index (κ2) is 6.11. The maximum atomic E-state index is 6.58. The second-order valence-electron chi connectivity index (χ2n) is 5.64. The van der Waals surface area contributed by atoms with Gasteiger partial charge in [-0.15, -0.1) is 0 Å². The molecule has 1 aliphatic rings. The van der Waals surface area contributed by atoms with E-state index in [-0.39, 0.29) is 11.6 Å². The number of aromatic nitrogens is 2. The minimum absolute atomic E-state index is 0.169. The van der Waals surface area contributed by atoms with E-state index < -0.39 is 0 Å². The van der Waals surface area contributed by atoms with Crippen LogP contribution in [-0.4, -0.2) is 53.6 Å². The summed E-state index contributed by atoms with van der Waals surface area (Å²) in [6, 6.07) is -0.169. The van der Waals surface area contributed by atoms with Gasteiger partial charge < -0.3 is 15.2 Å². The number of rotatable bonds is 5. The molecule has 114 valence electrons. The average Bonchev–Trinajstić information content (AvgIpc) is 2.90. The molecule has 1 aromatic rings. The highest BCUT2D eigenvalue weighted by atomic mass is 16.5. The zero-order valence-electron chi connectivity index (χ0n) is 12.9. The number of ether oxygens (including phenoxy) is 2. The second-order valence-corrected chi connectivity index (χ2v) is 5.64. The van der Waals surface area contributed by atoms with E-state index in [0.717, 1.165) is 44.3 Å². The van der Waals surface area contributed by atoms with E-state index in [4.69, 9.17) is 15.2 Å². The lowest BCUT2D eigenvalue weighted by atomic mass is 9.89. The van der Waals surface area contributed by atoms with Crippen LogP contribution in [-0.2, 0) is 11.3 Å². The SMILES string of the molecule is CCn1ncc(OC)c1C(N)C(C)(C)N1CCOCC1. The van der Waals surface area contributed by atoms with Gasteiger partial charge in [0.05, 0.1) is 38.3 Å². The minimum Gasteiger partial charge on any atom is -0.493 e. The lowest BCUT2D eigenvalue weighted by Gasteiger charge is -2.44. The van der Waals surface area contributed by atoms with Crippen LogP contribution in [0.3, 0.4) is 0 Å². The fourth-order valence-corrected chi connectivity index (χ4v) is 2.77. The van der Waals surface area contributed by atoms with E-state index in [1.807, 2.05) is 4.68 Å². The molecule has 1 aromatic heterocycles. The first-order valence-corrected chi connectivity index (χ1v) is 7.20. The van der Waals surface area contributed by atoms with Crippen LogP contribution < -0.4 is 10.5 Å². The molecule has 6 nitrogen and oxygen atoms in total. The number of morpholine rings is 1. The normalized spacial score (nSPS) is 19.1. The maximum Gasteiger partial charge on any atom is 0.161 e. The molecule has 20 heavy (non-hydrogen) atoms. The van der Waals surface area contributed by atoms with Gasteiger partial charge in [0, 0.05) is 25.2 Å². The Morgan fingerprint density at radius 3 is 2.65 bits per heavy atom. The van der Waals surface area contributed by atoms with Gasteiger partial charge in [-0.3, -0.25) is 9.58 Å². The third-order valence-electron chi connectivity index (χ3n) is 4.25. The van der Waals surface area contributed by atoms with Crippen LogP contribution in [0.15, 0.2) is 6.20 Å². The Labute approximate surface area is 120 Å². The van der Waals surface area contributed by atoms with E-state index >= 15 is 0 Å². The molecular formula is C14H26N4O2. The molecule has 1 atom stereocenters. The van der Waals surface area contributed by atoms with Gasteiger partial charge in [-0.25, -0.2) is 0 Å². The highest BCUT2D eigenvalue weighted by molar-refractivity contribution is 5.30. The zero-order valence-corrected chi connectivity index (χ0v) is 12.9. The molecule has 0 amide bonds. The molecule has 1 fully saturated rings. The van der Waals surface area contributed by atoms with E-state index in [0.29, 0.717) is 0 Å². The van der Waals surface area contributed by atoms with Crippen molar-refractivity contribution in [2.24, 2.45) is 5.73 Å². The molecule has 0 aromatic carbocycles. The fraction of sp³-hybridized carbons (Fsp3) is 0.786. The number of aryl methyl sites for hydroxylation is 1. The first-order valence-electron chi connectivity index (χ1n) is 7.20. The average molecular weight is 282 g/mol. The van der Waals surface area contributed by atoms with E-state index in [1.165, 1.54) is 0 Å². The molecular weight excluding hydrogens is 256 g/mol. The summed E-state index contributed by atoms with van der Waals surface area (Å²) in [7, 11) is 1.66. The van der Waals surface area contributed by atoms with Crippen LogP contribution in [0, 0.1) is 0 Å². The van der Waals surface area contributed by atoms with Crippen LogP contribution in [0.5, 0.6) is 5.75 Å². The van der Waals surface area contributed by atoms with Crippen LogP contribution in [0.2, 0.25) is 0 Å². The molecule has 0 saturated carbocycles. The van der Waals surface area contributed by atoms with Crippen molar-refractivity contribution in [3.8, 4) is 5.75 Å². The minimum atomic E-state index is -0.177. The summed E-state index contributed by atoms with van der Waals surface area (Å²) < 4.78 is 12.8. The Balaban J connectivity index is 2.28. The Bertz CT molecular complexity index is 417. The van der Waals surface area contributed by atoms with Crippen LogP contribution >= 0.6 is 0 Å². The quantitative estimate of drug-likeness (QED) is 0.873. The Morgan fingerprint density at radius 2 is 2.10 bits per heavy atom. The van der Waals surface area contributed by atoms with E-state index in [9.17, 15) is 0 Å². The van der Waals surface area contributed by atoms with Gasteiger partial charge in [-0.2, -0.15) is 5.10 Å². The Kier molecular flexibility index (Phi) is 4.67. The van der Waals surface area contributed by atoms with Crippen molar-refractivity contribution in [3.63, 3.8) is 0 Å². The molecule has 2 rings (SSSR count). The number of nitrogens with zero attached hydrogens (tertiary/aromatic N) is 3. The summed E-state index contributed by atoms with van der Waals surface area (Å²) in [6.07, 6.45) is 1.74. The van der Waals surface area contributed by atoms with Gasteiger partial charge in [0.2, 0.25) is 0 Å².